The molecule has 11 heteroatoms. The second kappa shape index (κ2) is 8.45. The topological polar surface area (TPSA) is 108 Å². The number of carbonyl (C=O) groups excluding carboxylic acids is 2. The number of fused-ring (bicyclic) bond motifs is 3. The summed E-state index contributed by atoms with van der Waals surface area (Å²) in [4.78, 5) is 45.0. The van der Waals surface area contributed by atoms with Crippen LogP contribution >= 0.6 is 27.3 Å². The Bertz CT molecular complexity index is 1700. The van der Waals surface area contributed by atoms with E-state index in [9.17, 15) is 14.4 Å². The number of anilines is 1. The molecular formula is C25H18BrN3O6S. The fourth-order valence-electron chi connectivity index (χ4n) is 4.61. The fourth-order valence-corrected chi connectivity index (χ4v) is 6.11. The average Bonchev–Trinajstić information content (AvgIpc) is 3.52. The highest BCUT2D eigenvalue weighted by Crippen LogP contribution is 2.38. The number of hydrogen-bond acceptors (Lipinski definition) is 8. The Hall–Kier alpha value is -3.70. The Morgan fingerprint density at radius 2 is 2.03 bits per heavy atom. The molecule has 1 N–H and O–H groups in total. The number of carbonyl (C=O) groups is 2. The minimum atomic E-state index is -0.824. The summed E-state index contributed by atoms with van der Waals surface area (Å²) in [6, 6.07) is 9.84. The molecule has 2 aromatic carbocycles. The lowest BCUT2D eigenvalue weighted by molar-refractivity contribution is -0.139. The van der Waals surface area contributed by atoms with Gasteiger partial charge in [-0.2, -0.15) is 0 Å². The van der Waals surface area contributed by atoms with Gasteiger partial charge in [0.25, 0.3) is 11.5 Å². The van der Waals surface area contributed by atoms with Gasteiger partial charge in [0.15, 0.2) is 16.3 Å². The van der Waals surface area contributed by atoms with E-state index in [-0.39, 0.29) is 35.0 Å². The minimum Gasteiger partial charge on any atom is -0.463 e. The lowest BCUT2D eigenvalue weighted by Crippen LogP contribution is -2.40. The van der Waals surface area contributed by atoms with E-state index >= 15 is 0 Å². The van der Waals surface area contributed by atoms with Gasteiger partial charge in [0.05, 0.1) is 29.5 Å². The first kappa shape index (κ1) is 22.7. The Morgan fingerprint density at radius 1 is 1.22 bits per heavy atom. The van der Waals surface area contributed by atoms with E-state index in [4.69, 9.17) is 14.2 Å². The van der Waals surface area contributed by atoms with Crippen LogP contribution in [0.5, 0.6) is 11.5 Å². The van der Waals surface area contributed by atoms with Crippen LogP contribution in [0.1, 0.15) is 31.0 Å². The van der Waals surface area contributed by atoms with E-state index in [0.29, 0.717) is 38.8 Å². The van der Waals surface area contributed by atoms with Gasteiger partial charge in [-0.05, 0) is 49.7 Å². The van der Waals surface area contributed by atoms with Gasteiger partial charge in [-0.15, -0.1) is 0 Å². The molecule has 0 saturated carbocycles. The Kier molecular flexibility index (Phi) is 5.34. The van der Waals surface area contributed by atoms with Crippen LogP contribution < -0.4 is 29.7 Å². The van der Waals surface area contributed by atoms with E-state index in [2.05, 4.69) is 26.2 Å². The number of esters is 1. The summed E-state index contributed by atoms with van der Waals surface area (Å²) in [6.07, 6.45) is 0. The number of rotatable bonds is 3. The Morgan fingerprint density at radius 3 is 2.83 bits per heavy atom. The molecule has 1 atom stereocenters. The highest BCUT2D eigenvalue weighted by molar-refractivity contribution is 9.10. The quantitative estimate of drug-likeness (QED) is 0.487. The molecule has 0 spiro atoms. The van der Waals surface area contributed by atoms with Gasteiger partial charge < -0.3 is 19.5 Å². The fraction of sp³-hybridized carbons (Fsp3) is 0.200. The predicted molar refractivity (Wildman–Crippen MR) is 135 cm³/mol. The van der Waals surface area contributed by atoms with Crippen molar-refractivity contribution in [2.24, 2.45) is 4.99 Å². The zero-order valence-corrected chi connectivity index (χ0v) is 21.5. The molecule has 0 radical (unpaired) electrons. The van der Waals surface area contributed by atoms with Crippen molar-refractivity contribution >= 4 is 50.4 Å². The molecule has 182 valence electrons. The van der Waals surface area contributed by atoms with Crippen molar-refractivity contribution in [2.45, 2.75) is 19.9 Å². The maximum absolute atomic E-state index is 14.0. The first-order valence-electron chi connectivity index (χ1n) is 11.1. The second-order valence-corrected chi connectivity index (χ2v) is 10.1. The van der Waals surface area contributed by atoms with Crippen molar-refractivity contribution < 1.29 is 23.8 Å². The van der Waals surface area contributed by atoms with E-state index in [1.54, 1.807) is 44.2 Å². The van der Waals surface area contributed by atoms with Crippen LogP contribution in [0, 0.1) is 0 Å². The maximum atomic E-state index is 14.0. The molecule has 3 aliphatic heterocycles. The second-order valence-electron chi connectivity index (χ2n) is 8.25. The molecule has 6 rings (SSSR count). The van der Waals surface area contributed by atoms with Crippen molar-refractivity contribution in [2.75, 3.05) is 18.7 Å². The molecule has 0 bridgehead atoms. The number of nitrogens with zero attached hydrogens (tertiary/aromatic N) is 2. The Balaban J connectivity index is 1.64. The highest BCUT2D eigenvalue weighted by Gasteiger charge is 2.36. The molecule has 3 aromatic rings. The molecular weight excluding hydrogens is 550 g/mol. The van der Waals surface area contributed by atoms with Crippen LogP contribution in [0.3, 0.4) is 0 Å². The largest absolute Gasteiger partial charge is 0.463 e. The van der Waals surface area contributed by atoms with E-state index in [0.717, 1.165) is 15.8 Å². The number of nitrogens with one attached hydrogen (secondary N) is 1. The standard InChI is InChI=1S/C25H18BrN3O6S/c1-3-33-24(32)18-11(2)27-25-29(20(18)12-4-7-16-17(8-12)35-10-34-16)23(31)21(36-25)19-14-9-13(26)5-6-15(14)28-22(19)30/h4-9,20H,3,10H2,1-2H3,(H,28,30)/b21-19-/t20-/m1/s1. The number of hydrogen-bond donors (Lipinski definition) is 1. The highest BCUT2D eigenvalue weighted by atomic mass is 79.9. The van der Waals surface area contributed by atoms with Crippen LogP contribution in [0.15, 0.2) is 61.9 Å². The van der Waals surface area contributed by atoms with Gasteiger partial charge in [-0.1, -0.05) is 33.3 Å². The summed E-state index contributed by atoms with van der Waals surface area (Å²) in [5.41, 5.74) is 2.42. The van der Waals surface area contributed by atoms with Crippen molar-refractivity contribution in [3.8, 4) is 11.5 Å². The third-order valence-corrected chi connectivity index (χ3v) is 7.70. The summed E-state index contributed by atoms with van der Waals surface area (Å²) in [5.74, 6) is 0.169. The number of amides is 1. The molecule has 9 nitrogen and oxygen atoms in total. The van der Waals surface area contributed by atoms with Gasteiger partial charge in [0.2, 0.25) is 6.79 Å². The lowest BCUT2D eigenvalue weighted by atomic mass is 9.95. The summed E-state index contributed by atoms with van der Waals surface area (Å²) < 4.78 is 18.8. The molecule has 4 heterocycles. The number of thiazole rings is 1. The maximum Gasteiger partial charge on any atom is 0.338 e. The third kappa shape index (κ3) is 3.41. The Labute approximate surface area is 216 Å². The van der Waals surface area contributed by atoms with Crippen LogP contribution in [-0.2, 0) is 14.3 Å². The molecule has 1 aromatic heterocycles. The van der Waals surface area contributed by atoms with Crippen molar-refractivity contribution in [3.05, 3.63) is 83.0 Å². The molecule has 36 heavy (non-hydrogen) atoms. The van der Waals surface area contributed by atoms with Gasteiger partial charge in [-0.25, -0.2) is 9.79 Å². The van der Waals surface area contributed by atoms with Gasteiger partial charge >= 0.3 is 5.97 Å². The molecule has 0 aliphatic carbocycles. The van der Waals surface area contributed by atoms with Crippen LogP contribution in [0.25, 0.3) is 5.57 Å². The zero-order chi connectivity index (χ0) is 25.1. The van der Waals surface area contributed by atoms with Gasteiger partial charge in [-0.3, -0.25) is 14.2 Å². The number of ether oxygens (including phenoxy) is 3. The molecule has 1 amide bonds. The summed E-state index contributed by atoms with van der Waals surface area (Å²) in [5, 5.41) is 2.82. The first-order chi connectivity index (χ1) is 17.4. The first-order valence-corrected chi connectivity index (χ1v) is 12.7. The van der Waals surface area contributed by atoms with Gasteiger partial charge in [0, 0.05) is 15.7 Å². The normalized spacial score (nSPS) is 19.0. The summed E-state index contributed by atoms with van der Waals surface area (Å²) in [6.45, 7) is 3.69. The monoisotopic (exact) mass is 567 g/mol. The van der Waals surface area contributed by atoms with Crippen molar-refractivity contribution in [3.63, 3.8) is 0 Å². The predicted octanol–water partition coefficient (Wildman–Crippen LogP) is 2.61. The molecule has 0 saturated heterocycles. The SMILES string of the molecule is CCOC(=O)C1=C(C)N=c2s/c(=C3\C(=O)Nc4ccc(Br)cc43)c(=O)n2[C@@H]1c1ccc2c(c1)OCO2. The third-order valence-electron chi connectivity index (χ3n) is 6.16. The van der Waals surface area contributed by atoms with Crippen LogP contribution in [0.4, 0.5) is 5.69 Å². The average molecular weight is 568 g/mol. The van der Waals surface area contributed by atoms with E-state index < -0.39 is 17.6 Å². The molecule has 0 unspecified atom stereocenters. The van der Waals surface area contributed by atoms with Crippen molar-refractivity contribution in [1.29, 1.82) is 0 Å². The van der Waals surface area contributed by atoms with E-state index in [1.165, 1.54) is 4.57 Å². The zero-order valence-electron chi connectivity index (χ0n) is 19.1. The smallest absolute Gasteiger partial charge is 0.338 e. The molecule has 3 aliphatic rings. The number of benzene rings is 2. The van der Waals surface area contributed by atoms with Gasteiger partial charge in [0.1, 0.15) is 4.53 Å². The minimum absolute atomic E-state index is 0.0919. The number of allylic oxidation sites excluding steroid dienone is 1. The van der Waals surface area contributed by atoms with E-state index in [1.807, 2.05) is 6.07 Å². The van der Waals surface area contributed by atoms with Crippen LogP contribution in [0.2, 0.25) is 0 Å². The summed E-state index contributed by atoms with van der Waals surface area (Å²) >= 11 is 4.56. The molecule has 0 fully saturated rings. The summed E-state index contributed by atoms with van der Waals surface area (Å²) in [7, 11) is 0. The number of halogens is 1. The van der Waals surface area contributed by atoms with Crippen molar-refractivity contribution in [1.82, 2.24) is 4.57 Å². The number of aromatic nitrogens is 1. The lowest BCUT2D eigenvalue weighted by Gasteiger charge is -2.24. The van der Waals surface area contributed by atoms with Crippen LogP contribution in [-0.4, -0.2) is 29.8 Å².